The molecule has 0 saturated carbocycles. The summed E-state index contributed by atoms with van der Waals surface area (Å²) in [6.45, 7) is 3.99. The van der Waals surface area contributed by atoms with Gasteiger partial charge in [0, 0.05) is 38.3 Å². The van der Waals surface area contributed by atoms with Crippen LogP contribution in [-0.2, 0) is 17.8 Å². The Labute approximate surface area is 213 Å². The number of piperidine rings is 1. The highest BCUT2D eigenvalue weighted by molar-refractivity contribution is 9.10. The molecular formula is C26H31BrFN3O4. The number of carbonyl (C=O) groups is 2. The number of nitrogens with zero attached hydrogens (tertiary/aromatic N) is 2. The molecule has 1 N–H and O–H groups in total. The summed E-state index contributed by atoms with van der Waals surface area (Å²) in [5.41, 5.74) is 2.70. The van der Waals surface area contributed by atoms with Crippen LogP contribution in [-0.4, -0.2) is 68.6 Å². The molecule has 1 atom stereocenters. The molecule has 35 heavy (non-hydrogen) atoms. The van der Waals surface area contributed by atoms with Crippen LogP contribution in [0.1, 0.15) is 34.3 Å². The molecule has 188 valence electrons. The Hall–Kier alpha value is -2.65. The number of benzene rings is 2. The summed E-state index contributed by atoms with van der Waals surface area (Å²) in [6, 6.07) is 8.20. The number of hydrogen-bond donors (Lipinski definition) is 1. The van der Waals surface area contributed by atoms with Gasteiger partial charge in [0.05, 0.1) is 24.6 Å². The van der Waals surface area contributed by atoms with Crippen molar-refractivity contribution in [3.63, 3.8) is 0 Å². The predicted octanol–water partition coefficient (Wildman–Crippen LogP) is 3.63. The van der Waals surface area contributed by atoms with Crippen LogP contribution in [0.4, 0.5) is 4.39 Å². The number of rotatable bonds is 7. The van der Waals surface area contributed by atoms with Crippen LogP contribution in [0.3, 0.4) is 0 Å². The first-order valence-electron chi connectivity index (χ1n) is 11.9. The summed E-state index contributed by atoms with van der Waals surface area (Å²) in [5, 5.41) is 2.89. The van der Waals surface area contributed by atoms with E-state index in [0.29, 0.717) is 49.8 Å². The van der Waals surface area contributed by atoms with Gasteiger partial charge in [-0.15, -0.1) is 0 Å². The number of likely N-dealkylation sites (tertiary alicyclic amines) is 1. The molecule has 0 bridgehead atoms. The van der Waals surface area contributed by atoms with Gasteiger partial charge < -0.3 is 24.6 Å². The molecular weight excluding hydrogens is 517 g/mol. The molecule has 7 nitrogen and oxygen atoms in total. The molecule has 2 amide bonds. The fraction of sp³-hybridized carbons (Fsp3) is 0.462. The zero-order chi connectivity index (χ0) is 24.9. The van der Waals surface area contributed by atoms with Gasteiger partial charge in [-0.3, -0.25) is 9.59 Å². The van der Waals surface area contributed by atoms with Crippen molar-refractivity contribution < 1.29 is 23.5 Å². The third-order valence-electron chi connectivity index (χ3n) is 6.78. The van der Waals surface area contributed by atoms with Crippen LogP contribution in [0.15, 0.2) is 34.8 Å². The summed E-state index contributed by atoms with van der Waals surface area (Å²) in [4.78, 5) is 29.9. The smallest absolute Gasteiger partial charge is 0.251 e. The second-order valence-corrected chi connectivity index (χ2v) is 9.86. The van der Waals surface area contributed by atoms with Crippen LogP contribution < -0.4 is 14.8 Å². The lowest BCUT2D eigenvalue weighted by molar-refractivity contribution is -0.138. The Bertz CT molecular complexity index is 1100. The van der Waals surface area contributed by atoms with E-state index in [-0.39, 0.29) is 22.2 Å². The standard InChI is InChI=1S/C26H31BrFN3O4/c1-34-23-13-17-7-10-31(16-20(17)14-24(23)35-2)26(33)19-4-3-9-30(15-19)11-8-29-25(32)18-5-6-22(28)21(27)12-18/h5-6,12-14,19H,3-4,7-11,15-16H2,1-2H3,(H,29,32). The number of carbonyl (C=O) groups excluding carboxylic acids is 2. The maximum absolute atomic E-state index is 13.4. The van der Waals surface area contributed by atoms with E-state index < -0.39 is 5.82 Å². The van der Waals surface area contributed by atoms with Crippen molar-refractivity contribution >= 4 is 27.7 Å². The maximum Gasteiger partial charge on any atom is 0.251 e. The Kier molecular flexibility index (Phi) is 8.28. The van der Waals surface area contributed by atoms with Crippen LogP contribution in [0.2, 0.25) is 0 Å². The first kappa shape index (κ1) is 25.4. The van der Waals surface area contributed by atoms with Gasteiger partial charge in [-0.1, -0.05) is 0 Å². The SMILES string of the molecule is COc1cc2c(cc1OC)CN(C(=O)C1CCCN(CCNC(=O)c3ccc(F)c(Br)c3)C1)CC2. The monoisotopic (exact) mass is 547 g/mol. The molecule has 0 aromatic heterocycles. The second kappa shape index (κ2) is 11.4. The number of ether oxygens (including phenoxy) is 2. The summed E-state index contributed by atoms with van der Waals surface area (Å²) in [5.74, 6) is 0.896. The predicted molar refractivity (Wildman–Crippen MR) is 134 cm³/mol. The molecule has 1 saturated heterocycles. The van der Waals surface area contributed by atoms with Crippen molar-refractivity contribution in [2.45, 2.75) is 25.8 Å². The first-order valence-corrected chi connectivity index (χ1v) is 12.7. The highest BCUT2D eigenvalue weighted by Gasteiger charge is 2.31. The van der Waals surface area contributed by atoms with Gasteiger partial charge in [0.2, 0.25) is 5.91 Å². The Balaban J connectivity index is 1.30. The molecule has 0 aliphatic carbocycles. The number of nitrogens with one attached hydrogen (secondary N) is 1. The average Bonchev–Trinajstić information content (AvgIpc) is 2.88. The number of amides is 2. The molecule has 4 rings (SSSR count). The minimum Gasteiger partial charge on any atom is -0.493 e. The van der Waals surface area contributed by atoms with Crippen LogP contribution >= 0.6 is 15.9 Å². The van der Waals surface area contributed by atoms with E-state index in [1.807, 2.05) is 17.0 Å². The number of methoxy groups -OCH3 is 2. The van der Waals surface area contributed by atoms with Gasteiger partial charge in [-0.05, 0) is 83.2 Å². The van der Waals surface area contributed by atoms with Gasteiger partial charge in [0.1, 0.15) is 5.82 Å². The van der Waals surface area contributed by atoms with Gasteiger partial charge in [0.15, 0.2) is 11.5 Å². The molecule has 1 fully saturated rings. The lowest BCUT2D eigenvalue weighted by Gasteiger charge is -2.37. The molecule has 2 aromatic carbocycles. The normalized spacial score (nSPS) is 18.1. The largest absolute Gasteiger partial charge is 0.493 e. The lowest BCUT2D eigenvalue weighted by atomic mass is 9.93. The van der Waals surface area contributed by atoms with E-state index >= 15 is 0 Å². The average molecular weight is 548 g/mol. The van der Waals surface area contributed by atoms with Crippen molar-refractivity contribution in [1.29, 1.82) is 0 Å². The van der Waals surface area contributed by atoms with Crippen LogP contribution in [0.5, 0.6) is 11.5 Å². The number of halogens is 2. The molecule has 1 unspecified atom stereocenters. The quantitative estimate of drug-likeness (QED) is 0.573. The minimum absolute atomic E-state index is 0.0470. The highest BCUT2D eigenvalue weighted by atomic mass is 79.9. The summed E-state index contributed by atoms with van der Waals surface area (Å²) >= 11 is 3.11. The molecule has 0 spiro atoms. The lowest BCUT2D eigenvalue weighted by Crippen LogP contribution is -2.47. The van der Waals surface area contributed by atoms with E-state index in [1.54, 1.807) is 14.2 Å². The van der Waals surface area contributed by atoms with Crippen molar-refractivity contribution in [3.05, 3.63) is 57.3 Å². The minimum atomic E-state index is -0.401. The number of hydrogen-bond acceptors (Lipinski definition) is 5. The maximum atomic E-state index is 13.4. The molecule has 2 aromatic rings. The third kappa shape index (κ3) is 5.95. The topological polar surface area (TPSA) is 71.1 Å². The molecule has 2 heterocycles. The summed E-state index contributed by atoms with van der Waals surface area (Å²) in [6.07, 6.45) is 2.62. The van der Waals surface area contributed by atoms with E-state index in [9.17, 15) is 14.0 Å². The Morgan fingerprint density at radius 2 is 1.86 bits per heavy atom. The summed E-state index contributed by atoms with van der Waals surface area (Å²) in [7, 11) is 3.25. The highest BCUT2D eigenvalue weighted by Crippen LogP contribution is 2.34. The zero-order valence-electron chi connectivity index (χ0n) is 20.1. The van der Waals surface area contributed by atoms with Gasteiger partial charge in [-0.2, -0.15) is 0 Å². The van der Waals surface area contributed by atoms with Crippen molar-refractivity contribution in [2.24, 2.45) is 5.92 Å². The van der Waals surface area contributed by atoms with Crippen molar-refractivity contribution in [2.75, 3.05) is 46.9 Å². The molecule has 9 heteroatoms. The fourth-order valence-electron chi connectivity index (χ4n) is 4.86. The molecule has 2 aliphatic rings. The van der Waals surface area contributed by atoms with Gasteiger partial charge in [0.25, 0.3) is 5.91 Å². The molecule has 2 aliphatic heterocycles. The summed E-state index contributed by atoms with van der Waals surface area (Å²) < 4.78 is 24.5. The van der Waals surface area contributed by atoms with E-state index in [4.69, 9.17) is 9.47 Å². The fourth-order valence-corrected chi connectivity index (χ4v) is 5.24. The van der Waals surface area contributed by atoms with Crippen molar-refractivity contribution in [3.8, 4) is 11.5 Å². The van der Waals surface area contributed by atoms with Gasteiger partial charge in [-0.25, -0.2) is 4.39 Å². The van der Waals surface area contributed by atoms with E-state index in [1.165, 1.54) is 23.8 Å². The van der Waals surface area contributed by atoms with E-state index in [2.05, 4.69) is 26.1 Å². The van der Waals surface area contributed by atoms with Gasteiger partial charge >= 0.3 is 0 Å². The second-order valence-electron chi connectivity index (χ2n) is 9.01. The zero-order valence-corrected chi connectivity index (χ0v) is 21.7. The number of fused-ring (bicyclic) bond motifs is 1. The molecule has 0 radical (unpaired) electrons. The van der Waals surface area contributed by atoms with E-state index in [0.717, 1.165) is 31.4 Å². The first-order chi connectivity index (χ1) is 16.9. The van der Waals surface area contributed by atoms with Crippen molar-refractivity contribution in [1.82, 2.24) is 15.1 Å². The van der Waals surface area contributed by atoms with Crippen LogP contribution in [0.25, 0.3) is 0 Å². The third-order valence-corrected chi connectivity index (χ3v) is 7.39. The van der Waals surface area contributed by atoms with Crippen LogP contribution in [0, 0.1) is 11.7 Å². The Morgan fingerprint density at radius 3 is 2.57 bits per heavy atom. The Morgan fingerprint density at radius 1 is 1.11 bits per heavy atom.